The molecule has 3 atom stereocenters. The molecule has 0 fully saturated rings. The van der Waals surface area contributed by atoms with E-state index in [-0.39, 0.29) is 12.2 Å². The third-order valence-electron chi connectivity index (χ3n) is 12.1. The summed E-state index contributed by atoms with van der Waals surface area (Å²) in [5.74, 6) is 1.30. The average Bonchev–Trinajstić information content (AvgIpc) is 3.20. The fourth-order valence-corrected chi connectivity index (χ4v) is 9.76. The van der Waals surface area contributed by atoms with Crippen LogP contribution in [0, 0.1) is 19.8 Å². The van der Waals surface area contributed by atoms with Gasteiger partial charge in [0.1, 0.15) is 12.0 Å². The van der Waals surface area contributed by atoms with Crippen molar-refractivity contribution in [1.82, 2.24) is 10.3 Å². The van der Waals surface area contributed by atoms with Crippen LogP contribution in [0.2, 0.25) is 0 Å². The molecule has 2 heterocycles. The Bertz CT molecular complexity index is 2500. The van der Waals surface area contributed by atoms with Crippen LogP contribution in [0.1, 0.15) is 57.5 Å². The quantitative estimate of drug-likeness (QED) is 0.189. The number of nitrogens with one attached hydrogen (secondary N) is 1. The largest absolute Gasteiger partial charge is 0.368 e. The molecule has 5 aromatic carbocycles. The number of rotatable bonds is 6. The average molecular weight is 689 g/mol. The van der Waals surface area contributed by atoms with Gasteiger partial charge in [0.2, 0.25) is 0 Å². The molecular weight excluding hydrogens is 645 g/mol. The maximum Gasteiger partial charge on any atom is 0.133 e. The molecule has 1 N–H and O–H groups in total. The van der Waals surface area contributed by atoms with Crippen molar-refractivity contribution in [3.05, 3.63) is 178 Å². The van der Waals surface area contributed by atoms with Gasteiger partial charge in [-0.3, -0.25) is 0 Å². The molecule has 3 unspecified atom stereocenters. The molecule has 6 aromatic rings. The number of fused-ring (bicyclic) bond motifs is 2. The van der Waals surface area contributed by atoms with Crippen LogP contribution in [0.4, 0.5) is 22.9 Å². The second-order valence-corrected chi connectivity index (χ2v) is 15.2. The van der Waals surface area contributed by atoms with Gasteiger partial charge in [-0.25, -0.2) is 4.98 Å². The first-order chi connectivity index (χ1) is 26.1. The molecule has 53 heavy (non-hydrogen) atoms. The predicted molar refractivity (Wildman–Crippen MR) is 221 cm³/mol. The number of pyridine rings is 1. The molecule has 4 nitrogen and oxygen atoms in total. The topological polar surface area (TPSA) is 31.4 Å². The third kappa shape index (κ3) is 5.07. The number of aromatic nitrogens is 1. The Balaban J connectivity index is 1.22. The van der Waals surface area contributed by atoms with Gasteiger partial charge >= 0.3 is 0 Å². The van der Waals surface area contributed by atoms with Gasteiger partial charge in [-0.15, -0.1) is 0 Å². The summed E-state index contributed by atoms with van der Waals surface area (Å²) in [7, 11) is 0. The SMILES string of the molecule is Cc1cc(N(c2cccc3ccccc23)C2C=CC=CN2)c2c3c1CCc1c(N(c4ccccn4)C4c5ccccc5C=CC4C)cc(C)c(c1-3)CC2. The second kappa shape index (κ2) is 12.7. The Morgan fingerprint density at radius 1 is 0.642 bits per heavy atom. The van der Waals surface area contributed by atoms with Crippen molar-refractivity contribution < 1.29 is 0 Å². The summed E-state index contributed by atoms with van der Waals surface area (Å²) in [6, 6.07) is 35.9. The fraction of sp³-hybridized carbons (Fsp3) is 0.204. The van der Waals surface area contributed by atoms with Crippen LogP contribution in [0.25, 0.3) is 28.0 Å². The van der Waals surface area contributed by atoms with Crippen LogP contribution >= 0.6 is 0 Å². The van der Waals surface area contributed by atoms with Crippen molar-refractivity contribution in [2.24, 2.45) is 5.92 Å². The third-order valence-corrected chi connectivity index (χ3v) is 12.1. The molecule has 0 bridgehead atoms. The van der Waals surface area contributed by atoms with E-state index in [4.69, 9.17) is 4.98 Å². The van der Waals surface area contributed by atoms with Crippen molar-refractivity contribution in [2.45, 2.75) is 58.7 Å². The summed E-state index contributed by atoms with van der Waals surface area (Å²) in [5, 5.41) is 6.22. The Hall–Kier alpha value is -5.87. The van der Waals surface area contributed by atoms with Gasteiger partial charge in [-0.2, -0.15) is 0 Å². The zero-order valence-corrected chi connectivity index (χ0v) is 30.7. The number of hydrogen-bond donors (Lipinski definition) is 1. The van der Waals surface area contributed by atoms with Crippen molar-refractivity contribution >= 4 is 39.7 Å². The molecule has 0 radical (unpaired) electrons. The van der Waals surface area contributed by atoms with Gasteiger partial charge in [-0.05, 0) is 155 Å². The lowest BCUT2D eigenvalue weighted by molar-refractivity contribution is 0.543. The van der Waals surface area contributed by atoms with Crippen LogP contribution in [0.5, 0.6) is 0 Å². The normalized spacial score (nSPS) is 19.0. The number of allylic oxidation sites excluding steroid dienone is 2. The molecule has 4 heteroatoms. The summed E-state index contributed by atoms with van der Waals surface area (Å²) < 4.78 is 0. The van der Waals surface area contributed by atoms with Crippen LogP contribution in [-0.2, 0) is 25.7 Å². The Morgan fingerprint density at radius 2 is 1.32 bits per heavy atom. The van der Waals surface area contributed by atoms with Gasteiger partial charge in [0.15, 0.2) is 0 Å². The monoisotopic (exact) mass is 688 g/mol. The van der Waals surface area contributed by atoms with Crippen LogP contribution in [0.3, 0.4) is 0 Å². The van der Waals surface area contributed by atoms with E-state index in [1.165, 1.54) is 83.5 Å². The fourth-order valence-electron chi connectivity index (χ4n) is 9.76. The lowest BCUT2D eigenvalue weighted by atomic mass is 9.71. The molecule has 0 saturated carbocycles. The van der Waals surface area contributed by atoms with Crippen molar-refractivity contribution in [3.63, 3.8) is 0 Å². The van der Waals surface area contributed by atoms with E-state index in [9.17, 15) is 0 Å². The van der Waals surface area contributed by atoms with Crippen LogP contribution in [0.15, 0.2) is 134 Å². The minimum Gasteiger partial charge on any atom is -0.368 e. The predicted octanol–water partition coefficient (Wildman–Crippen LogP) is 11.4. The standard InChI is InChI=1S/C49H44N4/c1-31-21-22-35-14-5-7-17-39(35)49(31)53(46-20-9-11-28-51-46)44-30-33(3)37-23-25-40-43(29-32(2)36-24-26-41(44)48(37)47(36)40)52(45-19-8-10-27-50-45)42-18-12-15-34-13-4-6-16-38(34)42/h4-22,27-31,45,49-50H,23-26H2,1-3H3. The highest BCUT2D eigenvalue weighted by molar-refractivity contribution is 5.98. The smallest absolute Gasteiger partial charge is 0.133 e. The van der Waals surface area contributed by atoms with Gasteiger partial charge in [0.25, 0.3) is 0 Å². The minimum absolute atomic E-state index is 0.0161. The van der Waals surface area contributed by atoms with Gasteiger partial charge in [0, 0.05) is 23.0 Å². The van der Waals surface area contributed by atoms with Crippen LogP contribution in [-0.4, -0.2) is 11.1 Å². The molecule has 260 valence electrons. The first-order valence-electron chi connectivity index (χ1n) is 19.2. The molecule has 4 aliphatic rings. The summed E-state index contributed by atoms with van der Waals surface area (Å²) >= 11 is 0. The number of nitrogens with zero attached hydrogens (tertiary/aromatic N) is 3. The van der Waals surface area contributed by atoms with E-state index in [1.807, 2.05) is 12.3 Å². The van der Waals surface area contributed by atoms with E-state index >= 15 is 0 Å². The van der Waals surface area contributed by atoms with Crippen LogP contribution < -0.4 is 15.1 Å². The minimum atomic E-state index is -0.0161. The molecular formula is C49H44N4. The van der Waals surface area contributed by atoms with E-state index < -0.39 is 0 Å². The first-order valence-corrected chi connectivity index (χ1v) is 19.2. The van der Waals surface area contributed by atoms with E-state index in [1.54, 1.807) is 0 Å². The highest BCUT2D eigenvalue weighted by Gasteiger charge is 2.38. The summed E-state index contributed by atoms with van der Waals surface area (Å²) in [6.07, 6.45) is 19.3. The molecule has 1 aliphatic heterocycles. The highest BCUT2D eigenvalue weighted by atomic mass is 15.3. The number of benzene rings is 5. The molecule has 0 saturated heterocycles. The lowest BCUT2D eigenvalue weighted by Gasteiger charge is -2.43. The van der Waals surface area contributed by atoms with E-state index in [0.717, 1.165) is 31.5 Å². The van der Waals surface area contributed by atoms with E-state index in [2.05, 4.69) is 163 Å². The number of aryl methyl sites for hydroxylation is 2. The highest BCUT2D eigenvalue weighted by Crippen LogP contribution is 2.54. The summed E-state index contributed by atoms with van der Waals surface area (Å²) in [6.45, 7) is 7.04. The number of anilines is 4. The molecule has 0 amide bonds. The lowest BCUT2D eigenvalue weighted by Crippen LogP contribution is -2.41. The summed E-state index contributed by atoms with van der Waals surface area (Å²) in [4.78, 5) is 10.2. The molecule has 3 aliphatic carbocycles. The van der Waals surface area contributed by atoms with E-state index in [0.29, 0.717) is 5.92 Å². The molecule has 1 aromatic heterocycles. The van der Waals surface area contributed by atoms with Gasteiger partial charge in [-0.1, -0.05) is 91.9 Å². The Morgan fingerprint density at radius 3 is 2.06 bits per heavy atom. The van der Waals surface area contributed by atoms with Crippen molar-refractivity contribution in [3.8, 4) is 11.1 Å². The zero-order valence-electron chi connectivity index (χ0n) is 30.7. The number of hydrogen-bond acceptors (Lipinski definition) is 4. The summed E-state index contributed by atoms with van der Waals surface area (Å²) in [5.41, 5.74) is 18.2. The first kappa shape index (κ1) is 31.8. The number of dihydropyridines is 1. The Labute approximate surface area is 312 Å². The van der Waals surface area contributed by atoms with Crippen molar-refractivity contribution in [1.29, 1.82) is 0 Å². The van der Waals surface area contributed by atoms with Crippen molar-refractivity contribution in [2.75, 3.05) is 9.80 Å². The second-order valence-electron chi connectivity index (χ2n) is 15.2. The van der Waals surface area contributed by atoms with Gasteiger partial charge in [0.05, 0.1) is 11.7 Å². The molecule has 10 rings (SSSR count). The molecule has 0 spiro atoms. The maximum absolute atomic E-state index is 5.05. The van der Waals surface area contributed by atoms with Gasteiger partial charge < -0.3 is 15.1 Å². The Kier molecular flexibility index (Phi) is 7.61. The zero-order chi connectivity index (χ0) is 35.6. The maximum atomic E-state index is 5.05.